The minimum Gasteiger partial charge on any atom is -0.258 e. The van der Waals surface area contributed by atoms with E-state index in [1.54, 1.807) is 6.20 Å². The van der Waals surface area contributed by atoms with Gasteiger partial charge in [-0.2, -0.15) is 0 Å². The van der Waals surface area contributed by atoms with Crippen molar-refractivity contribution in [1.82, 2.24) is 15.0 Å². The summed E-state index contributed by atoms with van der Waals surface area (Å²) in [7, 11) is 0. The number of hydrogen-bond acceptors (Lipinski definition) is 3. The van der Waals surface area contributed by atoms with Gasteiger partial charge in [0.25, 0.3) is 0 Å². The first kappa shape index (κ1) is 9.77. The molecule has 0 radical (unpaired) electrons. The third-order valence-electron chi connectivity index (χ3n) is 2.13. The van der Waals surface area contributed by atoms with Crippen LogP contribution >= 0.6 is 0 Å². The molecule has 2 aromatic rings. The Morgan fingerprint density at radius 3 is 2.13 bits per heavy atom. The zero-order chi connectivity index (χ0) is 10.8. The van der Waals surface area contributed by atoms with Crippen LogP contribution in [-0.4, -0.2) is 15.0 Å². The van der Waals surface area contributed by atoms with Crippen LogP contribution in [0.3, 0.4) is 0 Å². The van der Waals surface area contributed by atoms with Gasteiger partial charge in [0, 0.05) is 28.8 Å². The second-order valence-corrected chi connectivity index (χ2v) is 3.66. The molecule has 2 heterocycles. The molecule has 76 valence electrons. The zero-order valence-electron chi connectivity index (χ0n) is 9.15. The molecule has 0 spiro atoms. The van der Waals surface area contributed by atoms with Crippen molar-refractivity contribution in [2.75, 3.05) is 0 Å². The summed E-state index contributed by atoms with van der Waals surface area (Å²) in [5.74, 6) is 0.767. The molecule has 15 heavy (non-hydrogen) atoms. The molecule has 0 aliphatic heterocycles. The van der Waals surface area contributed by atoms with Crippen LogP contribution in [0.25, 0.3) is 11.4 Å². The number of rotatable bonds is 1. The van der Waals surface area contributed by atoms with E-state index in [1.807, 2.05) is 39.0 Å². The molecule has 0 N–H and O–H groups in total. The Labute approximate surface area is 89.2 Å². The van der Waals surface area contributed by atoms with Crippen LogP contribution in [0.1, 0.15) is 17.1 Å². The third kappa shape index (κ3) is 2.18. The highest BCUT2D eigenvalue weighted by molar-refractivity contribution is 5.55. The molecule has 0 fully saturated rings. The molecule has 3 nitrogen and oxygen atoms in total. The van der Waals surface area contributed by atoms with E-state index in [-0.39, 0.29) is 0 Å². The van der Waals surface area contributed by atoms with Crippen molar-refractivity contribution in [2.24, 2.45) is 0 Å². The number of aromatic nitrogens is 3. The van der Waals surface area contributed by atoms with Gasteiger partial charge in [0.2, 0.25) is 0 Å². The summed E-state index contributed by atoms with van der Waals surface area (Å²) >= 11 is 0. The van der Waals surface area contributed by atoms with Crippen molar-refractivity contribution in [3.8, 4) is 11.4 Å². The number of hydrogen-bond donors (Lipinski definition) is 0. The smallest absolute Gasteiger partial charge is 0.159 e. The van der Waals surface area contributed by atoms with Gasteiger partial charge in [0.15, 0.2) is 5.82 Å². The van der Waals surface area contributed by atoms with Gasteiger partial charge in [-0.1, -0.05) is 0 Å². The first-order chi connectivity index (χ1) is 7.15. The van der Waals surface area contributed by atoms with Crippen molar-refractivity contribution in [3.63, 3.8) is 0 Å². The summed E-state index contributed by atoms with van der Waals surface area (Å²) in [5.41, 5.74) is 4.00. The Bertz CT molecular complexity index is 472. The second-order valence-electron chi connectivity index (χ2n) is 3.66. The SMILES string of the molecule is Cc1cc(-c2nccc(C)n2)cc(C)n1. The van der Waals surface area contributed by atoms with E-state index in [0.717, 1.165) is 28.5 Å². The van der Waals surface area contributed by atoms with Gasteiger partial charge in [-0.15, -0.1) is 0 Å². The molecule has 0 aliphatic rings. The van der Waals surface area contributed by atoms with Gasteiger partial charge in [0.05, 0.1) is 0 Å². The lowest BCUT2D eigenvalue weighted by molar-refractivity contribution is 1.08. The van der Waals surface area contributed by atoms with E-state index >= 15 is 0 Å². The van der Waals surface area contributed by atoms with Crippen LogP contribution in [0, 0.1) is 20.8 Å². The molecule has 0 unspecified atom stereocenters. The highest BCUT2D eigenvalue weighted by Crippen LogP contribution is 2.16. The Balaban J connectivity index is 2.54. The van der Waals surface area contributed by atoms with Gasteiger partial charge in [0.1, 0.15) is 0 Å². The molecule has 0 saturated heterocycles. The third-order valence-corrected chi connectivity index (χ3v) is 2.13. The fraction of sp³-hybridized carbons (Fsp3) is 0.250. The lowest BCUT2D eigenvalue weighted by Gasteiger charge is -2.03. The average molecular weight is 199 g/mol. The quantitative estimate of drug-likeness (QED) is 0.708. The molecule has 0 aromatic carbocycles. The second kappa shape index (κ2) is 3.77. The monoisotopic (exact) mass is 199 g/mol. The van der Waals surface area contributed by atoms with Crippen molar-refractivity contribution < 1.29 is 0 Å². The van der Waals surface area contributed by atoms with E-state index in [0.29, 0.717) is 0 Å². The Morgan fingerprint density at radius 1 is 0.867 bits per heavy atom. The zero-order valence-corrected chi connectivity index (χ0v) is 9.15. The summed E-state index contributed by atoms with van der Waals surface area (Å²) in [6.45, 7) is 5.92. The van der Waals surface area contributed by atoms with Gasteiger partial charge in [-0.05, 0) is 39.0 Å². The van der Waals surface area contributed by atoms with Crippen LogP contribution in [0.2, 0.25) is 0 Å². The molecule has 0 bridgehead atoms. The Hall–Kier alpha value is -1.77. The Morgan fingerprint density at radius 2 is 1.53 bits per heavy atom. The van der Waals surface area contributed by atoms with Crippen LogP contribution in [0.15, 0.2) is 24.4 Å². The van der Waals surface area contributed by atoms with E-state index in [4.69, 9.17) is 0 Å². The molecule has 0 aliphatic carbocycles. The first-order valence-corrected chi connectivity index (χ1v) is 4.90. The molecule has 0 saturated carbocycles. The molecule has 2 aromatic heterocycles. The standard InChI is InChI=1S/C12H13N3/c1-8-4-5-13-12(15-8)11-6-9(2)14-10(3)7-11/h4-7H,1-3H3. The minimum atomic E-state index is 0.767. The number of pyridine rings is 1. The van der Waals surface area contributed by atoms with Crippen LogP contribution in [-0.2, 0) is 0 Å². The van der Waals surface area contributed by atoms with Crippen molar-refractivity contribution in [2.45, 2.75) is 20.8 Å². The molecule has 0 atom stereocenters. The molecular formula is C12H13N3. The summed E-state index contributed by atoms with van der Waals surface area (Å²) in [6.07, 6.45) is 1.78. The van der Waals surface area contributed by atoms with E-state index < -0.39 is 0 Å². The normalized spacial score (nSPS) is 10.3. The summed E-state index contributed by atoms with van der Waals surface area (Å²) in [5, 5.41) is 0. The maximum absolute atomic E-state index is 4.39. The topological polar surface area (TPSA) is 38.7 Å². The van der Waals surface area contributed by atoms with Gasteiger partial charge < -0.3 is 0 Å². The predicted molar refractivity (Wildman–Crippen MR) is 59.5 cm³/mol. The molecular weight excluding hydrogens is 186 g/mol. The van der Waals surface area contributed by atoms with Crippen molar-refractivity contribution in [1.29, 1.82) is 0 Å². The van der Waals surface area contributed by atoms with Crippen LogP contribution in [0.4, 0.5) is 0 Å². The molecule has 0 amide bonds. The van der Waals surface area contributed by atoms with E-state index in [9.17, 15) is 0 Å². The van der Waals surface area contributed by atoms with E-state index in [2.05, 4.69) is 15.0 Å². The fourth-order valence-corrected chi connectivity index (χ4v) is 1.55. The number of aryl methyl sites for hydroxylation is 3. The highest BCUT2D eigenvalue weighted by Gasteiger charge is 2.03. The number of nitrogens with zero attached hydrogens (tertiary/aromatic N) is 3. The highest BCUT2D eigenvalue weighted by atomic mass is 14.9. The van der Waals surface area contributed by atoms with Crippen molar-refractivity contribution in [3.05, 3.63) is 41.5 Å². The van der Waals surface area contributed by atoms with Crippen LogP contribution in [0.5, 0.6) is 0 Å². The predicted octanol–water partition coefficient (Wildman–Crippen LogP) is 2.46. The van der Waals surface area contributed by atoms with Crippen LogP contribution < -0.4 is 0 Å². The minimum absolute atomic E-state index is 0.767. The summed E-state index contributed by atoms with van der Waals surface area (Å²) < 4.78 is 0. The van der Waals surface area contributed by atoms with Gasteiger partial charge in [-0.3, -0.25) is 4.98 Å². The molecule has 3 heteroatoms. The maximum atomic E-state index is 4.39. The lowest BCUT2D eigenvalue weighted by Crippen LogP contribution is -1.93. The summed E-state index contributed by atoms with van der Waals surface area (Å²) in [6, 6.07) is 5.90. The Kier molecular flexibility index (Phi) is 2.46. The molecule has 2 rings (SSSR count). The van der Waals surface area contributed by atoms with Gasteiger partial charge in [-0.25, -0.2) is 9.97 Å². The average Bonchev–Trinajstić information content (AvgIpc) is 2.16. The maximum Gasteiger partial charge on any atom is 0.159 e. The fourth-order valence-electron chi connectivity index (χ4n) is 1.55. The van der Waals surface area contributed by atoms with E-state index in [1.165, 1.54) is 0 Å². The van der Waals surface area contributed by atoms with Gasteiger partial charge >= 0.3 is 0 Å². The lowest BCUT2D eigenvalue weighted by atomic mass is 10.2. The van der Waals surface area contributed by atoms with Crippen molar-refractivity contribution >= 4 is 0 Å². The largest absolute Gasteiger partial charge is 0.258 e. The first-order valence-electron chi connectivity index (χ1n) is 4.90. The summed E-state index contributed by atoms with van der Waals surface area (Å²) in [4.78, 5) is 13.0.